The van der Waals surface area contributed by atoms with E-state index < -0.39 is 11.8 Å². The largest absolute Gasteiger partial charge is 0.481 e. The van der Waals surface area contributed by atoms with Crippen LogP contribution in [0.3, 0.4) is 0 Å². The van der Waals surface area contributed by atoms with E-state index in [9.17, 15) is 4.79 Å². The van der Waals surface area contributed by atoms with Crippen molar-refractivity contribution >= 4 is 17.7 Å². The highest BCUT2D eigenvalue weighted by Crippen LogP contribution is 2.35. The number of aliphatic carboxylic acids is 1. The molecule has 20 heavy (non-hydrogen) atoms. The predicted molar refractivity (Wildman–Crippen MR) is 78.8 cm³/mol. The van der Waals surface area contributed by atoms with Gasteiger partial charge in [0.15, 0.2) is 5.79 Å². The summed E-state index contributed by atoms with van der Waals surface area (Å²) in [6, 6.07) is 9.86. The Morgan fingerprint density at radius 3 is 2.85 bits per heavy atom. The number of carbonyl (C=O) groups is 1. The molecule has 1 aliphatic rings. The smallest absolute Gasteiger partial charge is 0.304 e. The zero-order valence-corrected chi connectivity index (χ0v) is 12.6. The molecule has 5 heteroatoms. The molecule has 0 saturated carbocycles. The predicted octanol–water partition coefficient (Wildman–Crippen LogP) is 2.87. The van der Waals surface area contributed by atoms with Crippen molar-refractivity contribution in [3.63, 3.8) is 0 Å². The van der Waals surface area contributed by atoms with E-state index >= 15 is 0 Å². The van der Waals surface area contributed by atoms with E-state index in [4.69, 9.17) is 14.6 Å². The van der Waals surface area contributed by atoms with Gasteiger partial charge in [0, 0.05) is 16.6 Å². The van der Waals surface area contributed by atoms with Crippen molar-refractivity contribution in [2.24, 2.45) is 0 Å². The second kappa shape index (κ2) is 6.61. The van der Waals surface area contributed by atoms with Gasteiger partial charge in [-0.15, -0.1) is 0 Å². The Morgan fingerprint density at radius 2 is 2.20 bits per heavy atom. The molecule has 4 nitrogen and oxygen atoms in total. The number of rotatable bonds is 6. The van der Waals surface area contributed by atoms with Crippen LogP contribution in [0.25, 0.3) is 0 Å². The van der Waals surface area contributed by atoms with E-state index in [1.165, 1.54) is 0 Å². The maximum atomic E-state index is 10.6. The molecule has 1 heterocycles. The lowest BCUT2D eigenvalue weighted by molar-refractivity contribution is -0.159. The Bertz CT molecular complexity index is 450. The molecule has 0 aliphatic carbocycles. The maximum absolute atomic E-state index is 10.6. The molecule has 2 rings (SSSR count). The van der Waals surface area contributed by atoms with Crippen molar-refractivity contribution in [2.75, 3.05) is 12.4 Å². The second-order valence-electron chi connectivity index (χ2n) is 5.10. The van der Waals surface area contributed by atoms with E-state index in [0.717, 1.165) is 11.3 Å². The molecule has 1 saturated heterocycles. The van der Waals surface area contributed by atoms with Gasteiger partial charge in [0.25, 0.3) is 0 Å². The first-order chi connectivity index (χ1) is 9.49. The fraction of sp³-hybridized carbons (Fsp3) is 0.533. The molecule has 110 valence electrons. The average molecular weight is 296 g/mol. The lowest BCUT2D eigenvalue weighted by Gasteiger charge is -2.23. The van der Waals surface area contributed by atoms with Crippen LogP contribution in [0, 0.1) is 0 Å². The number of hydrogen-bond donors (Lipinski definition) is 1. The van der Waals surface area contributed by atoms with Crippen LogP contribution in [-0.2, 0) is 20.1 Å². The van der Waals surface area contributed by atoms with Crippen molar-refractivity contribution in [2.45, 2.75) is 37.4 Å². The van der Waals surface area contributed by atoms with Crippen molar-refractivity contribution in [1.82, 2.24) is 0 Å². The van der Waals surface area contributed by atoms with Crippen LogP contribution in [-0.4, -0.2) is 34.8 Å². The van der Waals surface area contributed by atoms with Gasteiger partial charge in [0.2, 0.25) is 0 Å². The Balaban J connectivity index is 1.85. The van der Waals surface area contributed by atoms with E-state index in [2.05, 4.69) is 0 Å². The molecule has 3 atom stereocenters. The lowest BCUT2D eigenvalue weighted by Crippen LogP contribution is -2.24. The van der Waals surface area contributed by atoms with Gasteiger partial charge in [0.05, 0.1) is 19.1 Å². The van der Waals surface area contributed by atoms with Crippen LogP contribution in [0.4, 0.5) is 0 Å². The average Bonchev–Trinajstić information content (AvgIpc) is 2.80. The number of benzene rings is 1. The standard InChI is InChI=1S/C15H20O4S/c1-11(8-14(16)17)20-10-13-9-18-15(2,19-13)12-6-4-3-5-7-12/h3-7,11,13H,8-10H2,1-2H3,(H,16,17). The monoisotopic (exact) mass is 296 g/mol. The highest BCUT2D eigenvalue weighted by molar-refractivity contribution is 7.99. The van der Waals surface area contributed by atoms with Gasteiger partial charge >= 0.3 is 5.97 Å². The topological polar surface area (TPSA) is 55.8 Å². The SMILES string of the molecule is CC(CC(=O)O)SCC1COC(C)(c2ccccc2)O1. The minimum Gasteiger partial charge on any atom is -0.481 e. The van der Waals surface area contributed by atoms with Crippen molar-refractivity contribution in [3.05, 3.63) is 35.9 Å². The molecule has 1 fully saturated rings. The zero-order chi connectivity index (χ0) is 14.6. The van der Waals surface area contributed by atoms with Crippen LogP contribution in [0.15, 0.2) is 30.3 Å². The second-order valence-corrected chi connectivity index (χ2v) is 6.58. The summed E-state index contributed by atoms with van der Waals surface area (Å²) < 4.78 is 11.8. The van der Waals surface area contributed by atoms with E-state index in [1.54, 1.807) is 11.8 Å². The Hall–Kier alpha value is -1.04. The highest BCUT2D eigenvalue weighted by atomic mass is 32.2. The van der Waals surface area contributed by atoms with E-state index in [0.29, 0.717) is 6.61 Å². The third-order valence-corrected chi connectivity index (χ3v) is 4.56. The minimum absolute atomic E-state index is 0.00134. The van der Waals surface area contributed by atoms with Gasteiger partial charge in [-0.3, -0.25) is 4.79 Å². The summed E-state index contributed by atoms with van der Waals surface area (Å²) in [6.45, 7) is 4.39. The molecule has 0 aromatic heterocycles. The fourth-order valence-electron chi connectivity index (χ4n) is 2.19. The first-order valence-electron chi connectivity index (χ1n) is 6.70. The molecule has 1 aromatic carbocycles. The summed E-state index contributed by atoms with van der Waals surface area (Å²) in [5.41, 5.74) is 1.01. The molecule has 0 amide bonds. The van der Waals surface area contributed by atoms with Gasteiger partial charge in [0.1, 0.15) is 0 Å². The van der Waals surface area contributed by atoms with E-state index in [1.807, 2.05) is 44.2 Å². The molecule has 0 bridgehead atoms. The Labute approximate surface area is 123 Å². The molecular formula is C15H20O4S. The molecule has 0 spiro atoms. The molecule has 0 radical (unpaired) electrons. The molecule has 1 aliphatic heterocycles. The lowest BCUT2D eigenvalue weighted by atomic mass is 10.1. The third kappa shape index (κ3) is 3.98. The van der Waals surface area contributed by atoms with Gasteiger partial charge in [-0.25, -0.2) is 0 Å². The Morgan fingerprint density at radius 1 is 1.50 bits per heavy atom. The molecule has 3 unspecified atom stereocenters. The minimum atomic E-state index is -0.761. The van der Waals surface area contributed by atoms with Gasteiger partial charge in [-0.1, -0.05) is 37.3 Å². The van der Waals surface area contributed by atoms with Gasteiger partial charge in [-0.2, -0.15) is 11.8 Å². The number of thioether (sulfide) groups is 1. The number of hydrogen-bond acceptors (Lipinski definition) is 4. The Kier molecular flexibility index (Phi) is 5.07. The third-order valence-electron chi connectivity index (χ3n) is 3.26. The molecular weight excluding hydrogens is 276 g/mol. The first kappa shape index (κ1) is 15.4. The van der Waals surface area contributed by atoms with Crippen LogP contribution in [0.2, 0.25) is 0 Å². The number of carboxylic acid groups (broad SMARTS) is 1. The molecule has 1 aromatic rings. The fourth-order valence-corrected chi connectivity index (χ4v) is 3.16. The van der Waals surface area contributed by atoms with E-state index in [-0.39, 0.29) is 17.8 Å². The molecule has 1 N–H and O–H groups in total. The number of carboxylic acids is 1. The summed E-state index contributed by atoms with van der Waals surface area (Å²) in [6.07, 6.45) is 0.176. The van der Waals surface area contributed by atoms with Crippen molar-refractivity contribution in [3.8, 4) is 0 Å². The normalized spacial score (nSPS) is 27.4. The quantitative estimate of drug-likeness (QED) is 0.875. The van der Waals surface area contributed by atoms with Crippen LogP contribution in [0.1, 0.15) is 25.8 Å². The zero-order valence-electron chi connectivity index (χ0n) is 11.7. The van der Waals surface area contributed by atoms with Crippen LogP contribution >= 0.6 is 11.8 Å². The van der Waals surface area contributed by atoms with Gasteiger partial charge < -0.3 is 14.6 Å². The number of ether oxygens (including phenoxy) is 2. The summed E-state index contributed by atoms with van der Waals surface area (Å²) in [7, 11) is 0. The van der Waals surface area contributed by atoms with Crippen molar-refractivity contribution < 1.29 is 19.4 Å². The summed E-state index contributed by atoms with van der Waals surface area (Å²) in [5.74, 6) is -0.706. The highest BCUT2D eigenvalue weighted by Gasteiger charge is 2.38. The maximum Gasteiger partial charge on any atom is 0.304 e. The first-order valence-corrected chi connectivity index (χ1v) is 7.75. The van der Waals surface area contributed by atoms with Gasteiger partial charge in [-0.05, 0) is 6.92 Å². The van der Waals surface area contributed by atoms with Crippen LogP contribution < -0.4 is 0 Å². The van der Waals surface area contributed by atoms with Crippen molar-refractivity contribution in [1.29, 1.82) is 0 Å². The summed E-state index contributed by atoms with van der Waals surface area (Å²) in [4.78, 5) is 10.6. The summed E-state index contributed by atoms with van der Waals surface area (Å²) >= 11 is 1.61. The summed E-state index contributed by atoms with van der Waals surface area (Å²) in [5, 5.41) is 8.82. The van der Waals surface area contributed by atoms with Crippen LogP contribution in [0.5, 0.6) is 0 Å².